The van der Waals surface area contributed by atoms with Crippen LogP contribution >= 0.6 is 11.3 Å². The van der Waals surface area contributed by atoms with Gasteiger partial charge >= 0.3 is 5.97 Å². The molecule has 1 fully saturated rings. The number of methoxy groups -OCH3 is 1. The van der Waals surface area contributed by atoms with E-state index in [9.17, 15) is 27.9 Å². The molecule has 2 heterocycles. The molecule has 0 bridgehead atoms. The molecule has 1 saturated heterocycles. The molecule has 138 valence electrons. The van der Waals surface area contributed by atoms with Crippen molar-refractivity contribution in [1.82, 2.24) is 4.90 Å². The molecule has 0 saturated carbocycles. The maximum Gasteiger partial charge on any atom is 0.326 e. The van der Waals surface area contributed by atoms with Crippen LogP contribution in [0.25, 0.3) is 10.4 Å². The van der Waals surface area contributed by atoms with Crippen molar-refractivity contribution in [3.05, 3.63) is 40.5 Å². The van der Waals surface area contributed by atoms with Crippen LogP contribution in [0.3, 0.4) is 0 Å². The summed E-state index contributed by atoms with van der Waals surface area (Å²) in [6.45, 7) is 0.316. The molecule has 3 rings (SSSR count). The summed E-state index contributed by atoms with van der Waals surface area (Å²) in [5.41, 5.74) is -0.235. The lowest BCUT2D eigenvalue weighted by atomic mass is 10.1. The number of rotatable bonds is 4. The number of likely N-dealkylation sites (tertiary alicyclic amines) is 1. The molecule has 0 aliphatic carbocycles. The monoisotopic (exact) mass is 385 g/mol. The zero-order valence-corrected chi connectivity index (χ0v) is 14.4. The maximum atomic E-state index is 14.4. The summed E-state index contributed by atoms with van der Waals surface area (Å²) in [6.07, 6.45) is 0.949. The van der Waals surface area contributed by atoms with Crippen LogP contribution in [-0.4, -0.2) is 41.6 Å². The number of hydrogen-bond acceptors (Lipinski definition) is 4. The van der Waals surface area contributed by atoms with Gasteiger partial charge in [-0.05, 0) is 31.0 Å². The standard InChI is InChI=1S/C17H14F3NO4S/c1-25-15-13(19)8(7-9(18)14(15)20)11-4-5-12(26-11)16(22)21-6-2-3-10(21)17(23)24/h4-5,7,10H,2-3,6H2,1H3,(H,23,24). The van der Waals surface area contributed by atoms with E-state index in [1.807, 2.05) is 0 Å². The van der Waals surface area contributed by atoms with E-state index in [0.29, 0.717) is 25.5 Å². The fourth-order valence-electron chi connectivity index (χ4n) is 2.94. The number of carbonyl (C=O) groups is 2. The summed E-state index contributed by atoms with van der Waals surface area (Å²) in [6, 6.07) is 2.61. The first-order valence-electron chi connectivity index (χ1n) is 7.70. The van der Waals surface area contributed by atoms with Crippen molar-refractivity contribution >= 4 is 23.2 Å². The fraction of sp³-hybridized carbons (Fsp3) is 0.294. The highest BCUT2D eigenvalue weighted by atomic mass is 32.1. The van der Waals surface area contributed by atoms with Gasteiger partial charge in [-0.2, -0.15) is 4.39 Å². The van der Waals surface area contributed by atoms with Gasteiger partial charge in [-0.25, -0.2) is 13.6 Å². The molecule has 0 spiro atoms. The number of benzene rings is 1. The van der Waals surface area contributed by atoms with Gasteiger partial charge in [0.1, 0.15) is 6.04 Å². The normalized spacial score (nSPS) is 16.8. The van der Waals surface area contributed by atoms with E-state index < -0.39 is 41.1 Å². The van der Waals surface area contributed by atoms with E-state index in [-0.39, 0.29) is 15.3 Å². The topological polar surface area (TPSA) is 66.8 Å². The Bertz CT molecular complexity index is 883. The van der Waals surface area contributed by atoms with Gasteiger partial charge in [0.15, 0.2) is 17.4 Å². The van der Waals surface area contributed by atoms with Crippen LogP contribution in [0.5, 0.6) is 5.75 Å². The summed E-state index contributed by atoms with van der Waals surface area (Å²) in [5, 5.41) is 9.18. The number of thiophene rings is 1. The number of carboxylic acid groups (broad SMARTS) is 1. The Morgan fingerprint density at radius 2 is 2.00 bits per heavy atom. The van der Waals surface area contributed by atoms with Gasteiger partial charge in [0, 0.05) is 17.0 Å². The van der Waals surface area contributed by atoms with Crippen LogP contribution < -0.4 is 4.74 Å². The highest BCUT2D eigenvalue weighted by molar-refractivity contribution is 7.17. The Labute approximate surface area is 150 Å². The lowest BCUT2D eigenvalue weighted by molar-refractivity contribution is -0.141. The molecule has 0 radical (unpaired) electrons. The van der Waals surface area contributed by atoms with Crippen LogP contribution in [0.2, 0.25) is 0 Å². The van der Waals surface area contributed by atoms with E-state index in [1.165, 1.54) is 17.0 Å². The number of hydrogen-bond donors (Lipinski definition) is 1. The van der Waals surface area contributed by atoms with E-state index in [1.54, 1.807) is 0 Å². The number of halogens is 3. The van der Waals surface area contributed by atoms with Crippen molar-refractivity contribution in [2.45, 2.75) is 18.9 Å². The van der Waals surface area contributed by atoms with Crippen molar-refractivity contribution in [1.29, 1.82) is 0 Å². The minimum Gasteiger partial charge on any atom is -0.491 e. The summed E-state index contributed by atoms with van der Waals surface area (Å²) < 4.78 is 46.2. The molecule has 1 aromatic carbocycles. The lowest BCUT2D eigenvalue weighted by Crippen LogP contribution is -2.40. The van der Waals surface area contributed by atoms with Crippen LogP contribution in [-0.2, 0) is 4.79 Å². The zero-order chi connectivity index (χ0) is 19.0. The van der Waals surface area contributed by atoms with Crippen molar-refractivity contribution < 1.29 is 32.6 Å². The largest absolute Gasteiger partial charge is 0.491 e. The average Bonchev–Trinajstić information content (AvgIpc) is 3.27. The predicted molar refractivity (Wildman–Crippen MR) is 87.9 cm³/mol. The van der Waals surface area contributed by atoms with Gasteiger partial charge < -0.3 is 14.7 Å². The quantitative estimate of drug-likeness (QED) is 0.818. The number of carboxylic acids is 1. The molecule has 1 atom stereocenters. The number of nitrogens with zero attached hydrogens (tertiary/aromatic N) is 1. The summed E-state index contributed by atoms with van der Waals surface area (Å²) >= 11 is 0.874. The molecule has 1 amide bonds. The smallest absolute Gasteiger partial charge is 0.326 e. The number of carbonyl (C=O) groups excluding carboxylic acids is 1. The molecule has 1 aliphatic rings. The molecule has 1 aromatic heterocycles. The zero-order valence-electron chi connectivity index (χ0n) is 13.6. The average molecular weight is 385 g/mol. The van der Waals surface area contributed by atoms with Crippen molar-refractivity contribution in [2.75, 3.05) is 13.7 Å². The molecule has 5 nitrogen and oxygen atoms in total. The molecular weight excluding hydrogens is 371 g/mol. The van der Waals surface area contributed by atoms with Crippen molar-refractivity contribution in [3.63, 3.8) is 0 Å². The second-order valence-electron chi connectivity index (χ2n) is 5.73. The number of aliphatic carboxylic acids is 1. The first-order valence-corrected chi connectivity index (χ1v) is 8.52. The van der Waals surface area contributed by atoms with Gasteiger partial charge in [-0.3, -0.25) is 4.79 Å². The number of amides is 1. The highest BCUT2D eigenvalue weighted by Crippen LogP contribution is 2.37. The predicted octanol–water partition coefficient (Wildman–Crippen LogP) is 3.53. The molecule has 2 aromatic rings. The molecule has 9 heteroatoms. The highest BCUT2D eigenvalue weighted by Gasteiger charge is 2.35. The second-order valence-corrected chi connectivity index (χ2v) is 6.81. The van der Waals surface area contributed by atoms with E-state index in [4.69, 9.17) is 0 Å². The number of ether oxygens (including phenoxy) is 1. The van der Waals surface area contributed by atoms with Gasteiger partial charge in [0.25, 0.3) is 5.91 Å². The minimum atomic E-state index is -1.43. The van der Waals surface area contributed by atoms with Crippen LogP contribution in [0.15, 0.2) is 18.2 Å². The minimum absolute atomic E-state index is 0.191. The Morgan fingerprint density at radius 3 is 2.65 bits per heavy atom. The summed E-state index contributed by atoms with van der Waals surface area (Å²) in [4.78, 5) is 25.4. The first-order chi connectivity index (χ1) is 12.3. The first kappa shape index (κ1) is 18.2. The molecule has 1 N–H and O–H groups in total. The van der Waals surface area contributed by atoms with Crippen LogP contribution in [0.1, 0.15) is 22.5 Å². The summed E-state index contributed by atoms with van der Waals surface area (Å²) in [5.74, 6) is -6.18. The Kier molecular flexibility index (Phi) is 4.90. The maximum absolute atomic E-state index is 14.4. The molecule has 1 unspecified atom stereocenters. The summed E-state index contributed by atoms with van der Waals surface area (Å²) in [7, 11) is 1.02. The van der Waals surface area contributed by atoms with Crippen molar-refractivity contribution in [3.8, 4) is 16.2 Å². The second kappa shape index (κ2) is 6.99. The Morgan fingerprint density at radius 1 is 1.27 bits per heavy atom. The van der Waals surface area contributed by atoms with Gasteiger partial charge in [0.2, 0.25) is 5.82 Å². The third-order valence-corrected chi connectivity index (χ3v) is 5.31. The van der Waals surface area contributed by atoms with Gasteiger partial charge in [-0.15, -0.1) is 11.3 Å². The van der Waals surface area contributed by atoms with Gasteiger partial charge in [-0.1, -0.05) is 0 Å². The van der Waals surface area contributed by atoms with Crippen LogP contribution in [0.4, 0.5) is 13.2 Å². The van der Waals surface area contributed by atoms with Crippen LogP contribution in [0, 0.1) is 17.5 Å². The van der Waals surface area contributed by atoms with Gasteiger partial charge in [0.05, 0.1) is 12.0 Å². The van der Waals surface area contributed by atoms with E-state index >= 15 is 0 Å². The molecule has 26 heavy (non-hydrogen) atoms. The Balaban J connectivity index is 1.95. The fourth-order valence-corrected chi connectivity index (χ4v) is 3.92. The third-order valence-electron chi connectivity index (χ3n) is 4.20. The molecule has 1 aliphatic heterocycles. The molecular formula is C17H14F3NO4S. The van der Waals surface area contributed by atoms with E-state index in [2.05, 4.69) is 4.74 Å². The van der Waals surface area contributed by atoms with Crippen molar-refractivity contribution in [2.24, 2.45) is 0 Å². The lowest BCUT2D eigenvalue weighted by Gasteiger charge is -2.20. The third kappa shape index (κ3) is 3.03. The SMILES string of the molecule is COc1c(F)c(F)cc(-c2ccc(C(=O)N3CCCC3C(=O)O)s2)c1F. The Hall–Kier alpha value is -2.55. The van der Waals surface area contributed by atoms with E-state index in [0.717, 1.165) is 18.4 Å².